The van der Waals surface area contributed by atoms with Crippen molar-refractivity contribution in [1.82, 2.24) is 5.32 Å². The fraction of sp³-hybridized carbons (Fsp3) is 1.00. The predicted octanol–water partition coefficient (Wildman–Crippen LogP) is 2.52. The van der Waals surface area contributed by atoms with Crippen molar-refractivity contribution < 1.29 is 0 Å². The lowest BCUT2D eigenvalue weighted by atomic mass is 10.1. The molecular formula is C9H21NS. The molecule has 0 rings (SSSR count). The molecule has 11 heavy (non-hydrogen) atoms. The van der Waals surface area contributed by atoms with Crippen LogP contribution in [0, 0.1) is 0 Å². The standard InChI is InChI=1S/C9H21NS/c1-4-11-8-6-5-7-9(2)10-3/h9-10H,4-8H2,1-3H3. The Labute approximate surface area is 75.3 Å². The highest BCUT2D eigenvalue weighted by Gasteiger charge is 1.96. The van der Waals surface area contributed by atoms with E-state index < -0.39 is 0 Å². The number of nitrogens with one attached hydrogen (secondary N) is 1. The third-order valence-corrected chi connectivity index (χ3v) is 2.86. The largest absolute Gasteiger partial charge is 0.317 e. The second-order valence-corrected chi connectivity index (χ2v) is 4.28. The summed E-state index contributed by atoms with van der Waals surface area (Å²) in [6, 6.07) is 0.696. The summed E-state index contributed by atoms with van der Waals surface area (Å²) in [6.07, 6.45) is 4.07. The molecule has 0 saturated heterocycles. The Morgan fingerprint density at radius 3 is 2.64 bits per heavy atom. The fourth-order valence-electron chi connectivity index (χ4n) is 0.943. The maximum absolute atomic E-state index is 3.25. The lowest BCUT2D eigenvalue weighted by molar-refractivity contribution is 0.539. The molecular weight excluding hydrogens is 154 g/mol. The number of thioether (sulfide) groups is 1. The first-order valence-electron chi connectivity index (χ1n) is 4.56. The van der Waals surface area contributed by atoms with E-state index in [1.54, 1.807) is 0 Å². The molecule has 0 amide bonds. The van der Waals surface area contributed by atoms with Gasteiger partial charge in [0.15, 0.2) is 0 Å². The van der Waals surface area contributed by atoms with E-state index in [0.717, 1.165) is 0 Å². The van der Waals surface area contributed by atoms with Gasteiger partial charge in [0.1, 0.15) is 0 Å². The smallest absolute Gasteiger partial charge is 0.00357 e. The van der Waals surface area contributed by atoms with Crippen molar-refractivity contribution >= 4 is 11.8 Å². The molecule has 0 aliphatic heterocycles. The van der Waals surface area contributed by atoms with Gasteiger partial charge in [-0.25, -0.2) is 0 Å². The molecule has 0 aliphatic rings. The Hall–Kier alpha value is 0.310. The van der Waals surface area contributed by atoms with Crippen LogP contribution in [-0.2, 0) is 0 Å². The molecule has 0 saturated carbocycles. The van der Waals surface area contributed by atoms with Gasteiger partial charge in [0.2, 0.25) is 0 Å². The predicted molar refractivity (Wildman–Crippen MR) is 55.4 cm³/mol. The van der Waals surface area contributed by atoms with Gasteiger partial charge in [0.05, 0.1) is 0 Å². The first-order chi connectivity index (χ1) is 5.31. The second-order valence-electron chi connectivity index (χ2n) is 2.88. The Balaban J connectivity index is 2.89. The first-order valence-corrected chi connectivity index (χ1v) is 5.71. The fourth-order valence-corrected chi connectivity index (χ4v) is 1.64. The second kappa shape index (κ2) is 8.41. The molecule has 1 unspecified atom stereocenters. The van der Waals surface area contributed by atoms with Crippen molar-refractivity contribution in [3.05, 3.63) is 0 Å². The Morgan fingerprint density at radius 2 is 2.09 bits per heavy atom. The molecule has 1 N–H and O–H groups in total. The van der Waals surface area contributed by atoms with Crippen LogP contribution in [0.3, 0.4) is 0 Å². The first kappa shape index (κ1) is 11.3. The van der Waals surface area contributed by atoms with Crippen LogP contribution in [0.25, 0.3) is 0 Å². The molecule has 0 fully saturated rings. The molecule has 0 radical (unpaired) electrons. The van der Waals surface area contributed by atoms with E-state index >= 15 is 0 Å². The monoisotopic (exact) mass is 175 g/mol. The number of hydrogen-bond donors (Lipinski definition) is 1. The Morgan fingerprint density at radius 1 is 1.36 bits per heavy atom. The summed E-state index contributed by atoms with van der Waals surface area (Å²) < 4.78 is 0. The molecule has 0 bridgehead atoms. The van der Waals surface area contributed by atoms with Gasteiger partial charge >= 0.3 is 0 Å². The van der Waals surface area contributed by atoms with E-state index in [1.807, 2.05) is 18.8 Å². The zero-order valence-corrected chi connectivity index (χ0v) is 8.84. The van der Waals surface area contributed by atoms with E-state index in [2.05, 4.69) is 19.2 Å². The third-order valence-electron chi connectivity index (χ3n) is 1.87. The number of rotatable bonds is 7. The summed E-state index contributed by atoms with van der Waals surface area (Å²) in [5.74, 6) is 2.61. The van der Waals surface area contributed by atoms with E-state index in [4.69, 9.17) is 0 Å². The summed E-state index contributed by atoms with van der Waals surface area (Å²) in [6.45, 7) is 4.47. The maximum Gasteiger partial charge on any atom is 0.00357 e. The van der Waals surface area contributed by atoms with Gasteiger partial charge in [-0.3, -0.25) is 0 Å². The highest BCUT2D eigenvalue weighted by molar-refractivity contribution is 7.99. The zero-order chi connectivity index (χ0) is 8.53. The topological polar surface area (TPSA) is 12.0 Å². The molecule has 1 nitrogen and oxygen atoms in total. The lowest BCUT2D eigenvalue weighted by Gasteiger charge is -2.08. The summed E-state index contributed by atoms with van der Waals surface area (Å²) in [5, 5.41) is 3.25. The molecule has 0 aromatic heterocycles. The number of unbranched alkanes of at least 4 members (excludes halogenated alkanes) is 1. The normalized spacial score (nSPS) is 13.4. The Bertz CT molecular complexity index is 76.0. The molecule has 0 spiro atoms. The molecule has 0 aliphatic carbocycles. The molecule has 0 heterocycles. The van der Waals surface area contributed by atoms with Gasteiger partial charge < -0.3 is 5.32 Å². The number of hydrogen-bond acceptors (Lipinski definition) is 2. The van der Waals surface area contributed by atoms with Crippen LogP contribution in [0.15, 0.2) is 0 Å². The zero-order valence-electron chi connectivity index (χ0n) is 8.02. The highest BCUT2D eigenvalue weighted by Crippen LogP contribution is 2.06. The minimum Gasteiger partial charge on any atom is -0.317 e. The maximum atomic E-state index is 3.25. The minimum atomic E-state index is 0.696. The average Bonchev–Trinajstić information content (AvgIpc) is 2.04. The summed E-state index contributed by atoms with van der Waals surface area (Å²) in [4.78, 5) is 0. The van der Waals surface area contributed by atoms with Crippen LogP contribution in [0.2, 0.25) is 0 Å². The van der Waals surface area contributed by atoms with Crippen molar-refractivity contribution in [3.63, 3.8) is 0 Å². The SMILES string of the molecule is CCSCCCCC(C)NC. The van der Waals surface area contributed by atoms with Gasteiger partial charge in [0, 0.05) is 6.04 Å². The van der Waals surface area contributed by atoms with E-state index in [0.29, 0.717) is 6.04 Å². The highest BCUT2D eigenvalue weighted by atomic mass is 32.2. The van der Waals surface area contributed by atoms with Crippen molar-refractivity contribution in [2.45, 2.75) is 39.2 Å². The average molecular weight is 175 g/mol. The van der Waals surface area contributed by atoms with Gasteiger partial charge in [-0.05, 0) is 38.3 Å². The van der Waals surface area contributed by atoms with E-state index in [-0.39, 0.29) is 0 Å². The quantitative estimate of drug-likeness (QED) is 0.597. The molecule has 2 heteroatoms. The third kappa shape index (κ3) is 8.21. The molecule has 0 aromatic carbocycles. The summed E-state index contributed by atoms with van der Waals surface area (Å²) in [5.41, 5.74) is 0. The van der Waals surface area contributed by atoms with Crippen molar-refractivity contribution in [3.8, 4) is 0 Å². The summed E-state index contributed by atoms with van der Waals surface area (Å²) >= 11 is 2.05. The van der Waals surface area contributed by atoms with Gasteiger partial charge in [0.25, 0.3) is 0 Å². The minimum absolute atomic E-state index is 0.696. The van der Waals surface area contributed by atoms with Crippen molar-refractivity contribution in [1.29, 1.82) is 0 Å². The van der Waals surface area contributed by atoms with Crippen molar-refractivity contribution in [2.24, 2.45) is 0 Å². The van der Waals surface area contributed by atoms with Crippen LogP contribution in [0.5, 0.6) is 0 Å². The van der Waals surface area contributed by atoms with Gasteiger partial charge in [-0.1, -0.05) is 13.3 Å². The molecule has 68 valence electrons. The van der Waals surface area contributed by atoms with Crippen LogP contribution in [0.1, 0.15) is 33.1 Å². The van der Waals surface area contributed by atoms with Crippen LogP contribution in [-0.4, -0.2) is 24.6 Å². The van der Waals surface area contributed by atoms with E-state index in [1.165, 1.54) is 30.8 Å². The van der Waals surface area contributed by atoms with Crippen LogP contribution >= 0.6 is 11.8 Å². The van der Waals surface area contributed by atoms with Gasteiger partial charge in [-0.15, -0.1) is 0 Å². The van der Waals surface area contributed by atoms with Crippen LogP contribution in [0.4, 0.5) is 0 Å². The summed E-state index contributed by atoms with van der Waals surface area (Å²) in [7, 11) is 2.03. The molecule has 1 atom stereocenters. The van der Waals surface area contributed by atoms with Crippen molar-refractivity contribution in [2.75, 3.05) is 18.6 Å². The van der Waals surface area contributed by atoms with E-state index in [9.17, 15) is 0 Å². The van der Waals surface area contributed by atoms with Gasteiger partial charge in [-0.2, -0.15) is 11.8 Å². The lowest BCUT2D eigenvalue weighted by Crippen LogP contribution is -2.20. The molecule has 0 aromatic rings. The van der Waals surface area contributed by atoms with Crippen LogP contribution < -0.4 is 5.32 Å². The Kier molecular flexibility index (Phi) is 8.64.